The molecule has 1 aromatic heterocycles. The van der Waals surface area contributed by atoms with Crippen molar-refractivity contribution in [2.24, 2.45) is 4.99 Å². The quantitative estimate of drug-likeness (QED) is 0.526. The first-order valence-corrected chi connectivity index (χ1v) is 10.5. The highest BCUT2D eigenvalue weighted by atomic mass is 16.5. The summed E-state index contributed by atoms with van der Waals surface area (Å²) >= 11 is 0. The molecule has 2 heterocycles. The van der Waals surface area contributed by atoms with Crippen LogP contribution in [0.4, 0.5) is 0 Å². The Morgan fingerprint density at radius 1 is 1.17 bits per heavy atom. The molecule has 0 radical (unpaired) electrons. The molecule has 0 aliphatic carbocycles. The van der Waals surface area contributed by atoms with Crippen LogP contribution in [0, 0.1) is 0 Å². The normalized spacial score (nSPS) is 16.0. The molecule has 29 heavy (non-hydrogen) atoms. The molecule has 1 aromatic carbocycles. The van der Waals surface area contributed by atoms with Gasteiger partial charge in [0.2, 0.25) is 0 Å². The van der Waals surface area contributed by atoms with E-state index in [1.807, 2.05) is 29.1 Å². The van der Waals surface area contributed by atoms with E-state index in [2.05, 4.69) is 59.7 Å². The summed E-state index contributed by atoms with van der Waals surface area (Å²) in [6.07, 6.45) is 4.91. The Morgan fingerprint density at radius 3 is 2.66 bits per heavy atom. The SMILES string of the molecule is CCNC(=NCC(C)(C)N1CCOCC1)NCCc1cnn(-c2ccccc2)c1. The van der Waals surface area contributed by atoms with Crippen molar-refractivity contribution in [1.82, 2.24) is 25.3 Å². The molecule has 3 rings (SSSR count). The Labute approximate surface area is 174 Å². The number of benzene rings is 1. The predicted octanol–water partition coefficient (Wildman–Crippen LogP) is 2.08. The summed E-state index contributed by atoms with van der Waals surface area (Å²) in [4.78, 5) is 7.30. The van der Waals surface area contributed by atoms with Gasteiger partial charge in [0.1, 0.15) is 0 Å². The van der Waals surface area contributed by atoms with E-state index in [1.54, 1.807) is 0 Å². The highest BCUT2D eigenvalue weighted by molar-refractivity contribution is 5.79. The maximum atomic E-state index is 5.48. The van der Waals surface area contributed by atoms with Gasteiger partial charge in [-0.25, -0.2) is 4.68 Å². The number of aromatic nitrogens is 2. The van der Waals surface area contributed by atoms with Gasteiger partial charge in [0.15, 0.2) is 5.96 Å². The van der Waals surface area contributed by atoms with Crippen LogP contribution in [0.3, 0.4) is 0 Å². The lowest BCUT2D eigenvalue weighted by molar-refractivity contribution is -0.00683. The highest BCUT2D eigenvalue weighted by Crippen LogP contribution is 2.16. The fourth-order valence-electron chi connectivity index (χ4n) is 3.42. The molecule has 0 unspecified atom stereocenters. The minimum atomic E-state index is 0.0168. The van der Waals surface area contributed by atoms with E-state index >= 15 is 0 Å². The first kappa shape index (κ1) is 21.3. The second-order valence-electron chi connectivity index (χ2n) is 7.91. The second kappa shape index (κ2) is 10.4. The van der Waals surface area contributed by atoms with Gasteiger partial charge < -0.3 is 15.4 Å². The van der Waals surface area contributed by atoms with Crippen molar-refractivity contribution in [3.05, 3.63) is 48.3 Å². The smallest absolute Gasteiger partial charge is 0.191 e. The number of nitrogens with one attached hydrogen (secondary N) is 2. The summed E-state index contributed by atoms with van der Waals surface area (Å²) in [6.45, 7) is 12.6. The van der Waals surface area contributed by atoms with Crippen LogP contribution in [0.5, 0.6) is 0 Å². The van der Waals surface area contributed by atoms with E-state index < -0.39 is 0 Å². The fraction of sp³-hybridized carbons (Fsp3) is 0.545. The van der Waals surface area contributed by atoms with Gasteiger partial charge in [-0.3, -0.25) is 9.89 Å². The zero-order valence-electron chi connectivity index (χ0n) is 17.9. The zero-order chi connectivity index (χ0) is 20.5. The molecule has 2 aromatic rings. The molecular weight excluding hydrogens is 364 g/mol. The summed E-state index contributed by atoms with van der Waals surface area (Å²) < 4.78 is 7.39. The molecule has 0 amide bonds. The number of para-hydroxylation sites is 1. The number of guanidine groups is 1. The monoisotopic (exact) mass is 398 g/mol. The maximum Gasteiger partial charge on any atom is 0.191 e. The van der Waals surface area contributed by atoms with Crippen LogP contribution < -0.4 is 10.6 Å². The van der Waals surface area contributed by atoms with Gasteiger partial charge in [0, 0.05) is 37.9 Å². The van der Waals surface area contributed by atoms with Crippen molar-refractivity contribution >= 4 is 5.96 Å². The van der Waals surface area contributed by atoms with Crippen molar-refractivity contribution in [2.75, 3.05) is 45.9 Å². The third-order valence-electron chi connectivity index (χ3n) is 5.20. The minimum absolute atomic E-state index is 0.0168. The topological polar surface area (TPSA) is 66.7 Å². The Morgan fingerprint density at radius 2 is 1.93 bits per heavy atom. The van der Waals surface area contributed by atoms with Gasteiger partial charge in [-0.15, -0.1) is 0 Å². The number of hydrogen-bond donors (Lipinski definition) is 2. The van der Waals surface area contributed by atoms with Crippen LogP contribution in [-0.2, 0) is 11.2 Å². The van der Waals surface area contributed by atoms with Crippen molar-refractivity contribution in [1.29, 1.82) is 0 Å². The van der Waals surface area contributed by atoms with E-state index in [9.17, 15) is 0 Å². The first-order chi connectivity index (χ1) is 14.1. The Hall–Kier alpha value is -2.38. The van der Waals surface area contributed by atoms with E-state index in [4.69, 9.17) is 9.73 Å². The summed E-state index contributed by atoms with van der Waals surface area (Å²) in [5.74, 6) is 0.865. The summed E-state index contributed by atoms with van der Waals surface area (Å²) in [6, 6.07) is 10.2. The molecule has 0 saturated carbocycles. The molecule has 0 bridgehead atoms. The number of ether oxygens (including phenoxy) is 1. The van der Waals surface area contributed by atoms with Crippen LogP contribution in [0.25, 0.3) is 5.69 Å². The molecule has 1 fully saturated rings. The standard InChI is InChI=1S/C22H34N6O/c1-4-23-21(25-18-22(2,3)27-12-14-29-15-13-27)24-11-10-19-16-26-28(17-19)20-8-6-5-7-9-20/h5-9,16-17H,4,10-15,18H2,1-3H3,(H2,23,24,25). The van der Waals surface area contributed by atoms with Gasteiger partial charge in [0.25, 0.3) is 0 Å². The number of hydrogen-bond acceptors (Lipinski definition) is 4. The lowest BCUT2D eigenvalue weighted by atomic mass is 10.0. The number of aliphatic imine (C=N–C) groups is 1. The Kier molecular flexibility index (Phi) is 7.66. The van der Waals surface area contributed by atoms with Gasteiger partial charge in [-0.2, -0.15) is 5.10 Å². The van der Waals surface area contributed by atoms with Crippen molar-refractivity contribution < 1.29 is 4.74 Å². The lowest BCUT2D eigenvalue weighted by Gasteiger charge is -2.39. The van der Waals surface area contributed by atoms with Gasteiger partial charge in [-0.05, 0) is 44.9 Å². The molecule has 2 N–H and O–H groups in total. The average Bonchev–Trinajstić information content (AvgIpc) is 3.22. The third kappa shape index (κ3) is 6.30. The third-order valence-corrected chi connectivity index (χ3v) is 5.20. The lowest BCUT2D eigenvalue weighted by Crippen LogP contribution is -2.52. The van der Waals surface area contributed by atoms with Crippen LogP contribution >= 0.6 is 0 Å². The van der Waals surface area contributed by atoms with Crippen LogP contribution in [0.2, 0.25) is 0 Å². The molecular formula is C22H34N6O. The van der Waals surface area contributed by atoms with E-state index in [0.29, 0.717) is 0 Å². The van der Waals surface area contributed by atoms with Gasteiger partial charge in [0.05, 0.1) is 31.6 Å². The number of rotatable bonds is 8. The molecule has 7 nitrogen and oxygen atoms in total. The van der Waals surface area contributed by atoms with E-state index in [-0.39, 0.29) is 5.54 Å². The van der Waals surface area contributed by atoms with Crippen molar-refractivity contribution in [3.8, 4) is 5.69 Å². The van der Waals surface area contributed by atoms with Gasteiger partial charge in [-0.1, -0.05) is 18.2 Å². The van der Waals surface area contributed by atoms with Crippen LogP contribution in [-0.4, -0.2) is 72.1 Å². The van der Waals surface area contributed by atoms with Crippen LogP contribution in [0.15, 0.2) is 47.7 Å². The Balaban J connectivity index is 1.51. The molecule has 1 saturated heterocycles. The predicted molar refractivity (Wildman–Crippen MR) is 118 cm³/mol. The Bertz CT molecular complexity index is 765. The molecule has 1 aliphatic rings. The van der Waals surface area contributed by atoms with E-state index in [0.717, 1.165) is 64.0 Å². The molecule has 0 spiro atoms. The van der Waals surface area contributed by atoms with Crippen molar-refractivity contribution in [2.45, 2.75) is 32.7 Å². The average molecular weight is 399 g/mol. The summed E-state index contributed by atoms with van der Waals surface area (Å²) in [7, 11) is 0. The summed E-state index contributed by atoms with van der Waals surface area (Å²) in [5.41, 5.74) is 2.29. The van der Waals surface area contributed by atoms with Crippen LogP contribution in [0.1, 0.15) is 26.3 Å². The first-order valence-electron chi connectivity index (χ1n) is 10.5. The molecule has 158 valence electrons. The maximum absolute atomic E-state index is 5.48. The molecule has 7 heteroatoms. The fourth-order valence-corrected chi connectivity index (χ4v) is 3.42. The minimum Gasteiger partial charge on any atom is -0.379 e. The summed E-state index contributed by atoms with van der Waals surface area (Å²) in [5, 5.41) is 11.3. The molecule has 0 atom stereocenters. The largest absolute Gasteiger partial charge is 0.379 e. The van der Waals surface area contributed by atoms with E-state index in [1.165, 1.54) is 5.56 Å². The zero-order valence-corrected chi connectivity index (χ0v) is 17.9. The number of morpholine rings is 1. The highest BCUT2D eigenvalue weighted by Gasteiger charge is 2.28. The molecule has 1 aliphatic heterocycles. The second-order valence-corrected chi connectivity index (χ2v) is 7.91. The van der Waals surface area contributed by atoms with Gasteiger partial charge >= 0.3 is 0 Å². The number of nitrogens with zero attached hydrogens (tertiary/aromatic N) is 4. The van der Waals surface area contributed by atoms with Crippen molar-refractivity contribution in [3.63, 3.8) is 0 Å².